The second-order valence-electron chi connectivity index (χ2n) is 6.80. The molecule has 2 rings (SSSR count). The van der Waals surface area contributed by atoms with E-state index in [9.17, 15) is 9.18 Å². The van der Waals surface area contributed by atoms with E-state index in [2.05, 4.69) is 38.2 Å². The van der Waals surface area contributed by atoms with Crippen LogP contribution in [0.4, 0.5) is 4.39 Å². The van der Waals surface area contributed by atoms with E-state index in [4.69, 9.17) is 4.74 Å². The molecular weight excluding hydrogens is 317 g/mol. The summed E-state index contributed by atoms with van der Waals surface area (Å²) in [6.07, 6.45) is 3.28. The van der Waals surface area contributed by atoms with Crippen LogP contribution < -0.4 is 10.1 Å². The van der Waals surface area contributed by atoms with E-state index in [1.807, 2.05) is 12.1 Å². The Morgan fingerprint density at radius 1 is 1.08 bits per heavy atom. The molecule has 0 fully saturated rings. The van der Waals surface area contributed by atoms with Crippen molar-refractivity contribution in [1.82, 2.24) is 5.32 Å². The van der Waals surface area contributed by atoms with Crippen molar-refractivity contribution < 1.29 is 13.9 Å². The van der Waals surface area contributed by atoms with E-state index in [-0.39, 0.29) is 17.1 Å². The first-order valence-corrected chi connectivity index (χ1v) is 8.29. The van der Waals surface area contributed by atoms with Crippen LogP contribution in [0.5, 0.6) is 5.75 Å². The average molecular weight is 341 g/mol. The number of hydrogen-bond donors (Lipinski definition) is 1. The summed E-state index contributed by atoms with van der Waals surface area (Å²) in [5.74, 6) is 0.0917. The third-order valence-electron chi connectivity index (χ3n) is 3.69. The molecule has 0 aliphatic carbocycles. The summed E-state index contributed by atoms with van der Waals surface area (Å²) in [6.45, 7) is 7.20. The van der Waals surface area contributed by atoms with Gasteiger partial charge in [-0.25, -0.2) is 4.39 Å². The minimum atomic E-state index is -0.304. The topological polar surface area (TPSA) is 38.3 Å². The number of carbonyl (C=O) groups is 1. The van der Waals surface area contributed by atoms with Crippen molar-refractivity contribution in [2.45, 2.75) is 26.2 Å². The van der Waals surface area contributed by atoms with Gasteiger partial charge in [0.05, 0.1) is 6.54 Å². The van der Waals surface area contributed by atoms with Crippen molar-refractivity contribution in [2.24, 2.45) is 0 Å². The SMILES string of the molecule is CC(C)(C)c1ccc(/C=C/C(=O)NCCOc2ccc(F)cc2)cc1. The number of halogens is 1. The third kappa shape index (κ3) is 6.42. The summed E-state index contributed by atoms with van der Waals surface area (Å²) in [7, 11) is 0. The Kier molecular flexibility index (Phi) is 6.34. The zero-order valence-corrected chi connectivity index (χ0v) is 14.9. The van der Waals surface area contributed by atoms with Gasteiger partial charge in [0.25, 0.3) is 0 Å². The molecule has 132 valence electrons. The quantitative estimate of drug-likeness (QED) is 0.627. The normalized spacial score (nSPS) is 11.5. The first-order valence-electron chi connectivity index (χ1n) is 8.29. The van der Waals surface area contributed by atoms with Crippen molar-refractivity contribution in [3.8, 4) is 5.75 Å². The first kappa shape index (κ1) is 18.7. The fraction of sp³-hybridized carbons (Fsp3) is 0.286. The molecular formula is C21H24FNO2. The molecule has 3 nitrogen and oxygen atoms in total. The summed E-state index contributed by atoms with van der Waals surface area (Å²) in [5, 5.41) is 2.75. The van der Waals surface area contributed by atoms with Crippen molar-refractivity contribution >= 4 is 12.0 Å². The summed E-state index contributed by atoms with van der Waals surface area (Å²) in [4.78, 5) is 11.8. The Bertz CT molecular complexity index is 713. The summed E-state index contributed by atoms with van der Waals surface area (Å²) in [6, 6.07) is 13.9. The Hall–Kier alpha value is -2.62. The number of carbonyl (C=O) groups excluding carboxylic acids is 1. The van der Waals surface area contributed by atoms with Crippen molar-refractivity contribution in [1.29, 1.82) is 0 Å². The fourth-order valence-electron chi connectivity index (χ4n) is 2.20. The maximum Gasteiger partial charge on any atom is 0.244 e. The molecule has 0 radical (unpaired) electrons. The van der Waals surface area contributed by atoms with Crippen LogP contribution in [0, 0.1) is 5.82 Å². The number of hydrogen-bond acceptors (Lipinski definition) is 2. The monoisotopic (exact) mass is 341 g/mol. The van der Waals surface area contributed by atoms with Gasteiger partial charge in [-0.3, -0.25) is 4.79 Å². The van der Waals surface area contributed by atoms with Crippen LogP contribution in [-0.2, 0) is 10.2 Å². The van der Waals surface area contributed by atoms with E-state index in [0.717, 1.165) is 5.56 Å². The molecule has 1 amide bonds. The largest absolute Gasteiger partial charge is 0.492 e. The van der Waals surface area contributed by atoms with Gasteiger partial charge in [-0.15, -0.1) is 0 Å². The van der Waals surface area contributed by atoms with Crippen LogP contribution in [0.3, 0.4) is 0 Å². The van der Waals surface area contributed by atoms with Crippen molar-refractivity contribution in [2.75, 3.05) is 13.2 Å². The molecule has 0 aliphatic rings. The van der Waals surface area contributed by atoms with Crippen LogP contribution >= 0.6 is 0 Å². The third-order valence-corrected chi connectivity index (χ3v) is 3.69. The summed E-state index contributed by atoms with van der Waals surface area (Å²) < 4.78 is 18.2. The molecule has 0 aliphatic heterocycles. The standard InChI is InChI=1S/C21H24FNO2/c1-21(2,3)17-7-4-16(5-8-17)6-13-20(24)23-14-15-25-19-11-9-18(22)10-12-19/h4-13H,14-15H2,1-3H3,(H,23,24)/b13-6+. The molecule has 25 heavy (non-hydrogen) atoms. The molecule has 0 saturated carbocycles. The van der Waals surface area contributed by atoms with Gasteiger partial charge in [0, 0.05) is 6.08 Å². The van der Waals surface area contributed by atoms with Gasteiger partial charge >= 0.3 is 0 Å². The summed E-state index contributed by atoms with van der Waals surface area (Å²) >= 11 is 0. The molecule has 0 heterocycles. The Morgan fingerprint density at radius 3 is 2.32 bits per heavy atom. The predicted molar refractivity (Wildman–Crippen MR) is 99.1 cm³/mol. The number of rotatable bonds is 6. The van der Waals surface area contributed by atoms with Gasteiger partial charge in [-0.05, 0) is 46.9 Å². The lowest BCUT2D eigenvalue weighted by molar-refractivity contribution is -0.116. The van der Waals surface area contributed by atoms with Crippen molar-refractivity contribution in [3.63, 3.8) is 0 Å². The fourth-order valence-corrected chi connectivity index (χ4v) is 2.20. The Morgan fingerprint density at radius 2 is 1.72 bits per heavy atom. The predicted octanol–water partition coefficient (Wildman–Crippen LogP) is 4.33. The Labute approximate surface area is 148 Å². The second-order valence-corrected chi connectivity index (χ2v) is 6.80. The molecule has 0 aromatic heterocycles. The molecule has 4 heteroatoms. The van der Waals surface area contributed by atoms with Crippen LogP contribution in [0.1, 0.15) is 31.9 Å². The maximum absolute atomic E-state index is 12.8. The molecule has 0 saturated heterocycles. The number of amides is 1. The van der Waals surface area contributed by atoms with E-state index in [1.165, 1.54) is 23.8 Å². The highest BCUT2D eigenvalue weighted by atomic mass is 19.1. The Balaban J connectivity index is 1.74. The lowest BCUT2D eigenvalue weighted by Crippen LogP contribution is -2.26. The van der Waals surface area contributed by atoms with Gasteiger partial charge in [0.15, 0.2) is 0 Å². The molecule has 2 aromatic rings. The molecule has 2 aromatic carbocycles. The van der Waals surface area contributed by atoms with Gasteiger partial charge in [-0.1, -0.05) is 45.0 Å². The number of benzene rings is 2. The lowest BCUT2D eigenvalue weighted by Gasteiger charge is -2.18. The number of ether oxygens (including phenoxy) is 1. The van der Waals surface area contributed by atoms with E-state index in [0.29, 0.717) is 18.9 Å². The minimum absolute atomic E-state index is 0.115. The summed E-state index contributed by atoms with van der Waals surface area (Å²) in [5.41, 5.74) is 2.35. The van der Waals surface area contributed by atoms with E-state index >= 15 is 0 Å². The lowest BCUT2D eigenvalue weighted by atomic mass is 9.87. The van der Waals surface area contributed by atoms with Crippen LogP contribution in [0.15, 0.2) is 54.6 Å². The zero-order chi connectivity index (χ0) is 18.3. The van der Waals surface area contributed by atoms with Gasteiger partial charge in [0.1, 0.15) is 18.2 Å². The molecule has 0 bridgehead atoms. The maximum atomic E-state index is 12.8. The van der Waals surface area contributed by atoms with Gasteiger partial charge < -0.3 is 10.1 Å². The highest BCUT2D eigenvalue weighted by Gasteiger charge is 2.12. The van der Waals surface area contributed by atoms with Gasteiger partial charge in [-0.2, -0.15) is 0 Å². The molecule has 0 atom stereocenters. The van der Waals surface area contributed by atoms with Crippen LogP contribution in [0.25, 0.3) is 6.08 Å². The second kappa shape index (κ2) is 8.47. The zero-order valence-electron chi connectivity index (χ0n) is 14.9. The van der Waals surface area contributed by atoms with Crippen molar-refractivity contribution in [3.05, 3.63) is 71.6 Å². The molecule has 1 N–H and O–H groups in total. The highest BCUT2D eigenvalue weighted by Crippen LogP contribution is 2.22. The molecule has 0 unspecified atom stereocenters. The first-order chi connectivity index (χ1) is 11.8. The van der Waals surface area contributed by atoms with E-state index < -0.39 is 0 Å². The smallest absolute Gasteiger partial charge is 0.244 e. The van der Waals surface area contributed by atoms with E-state index in [1.54, 1.807) is 18.2 Å². The van der Waals surface area contributed by atoms with Gasteiger partial charge in [0.2, 0.25) is 5.91 Å². The average Bonchev–Trinajstić information content (AvgIpc) is 2.58. The van der Waals surface area contributed by atoms with Crippen LogP contribution in [0.2, 0.25) is 0 Å². The molecule has 0 spiro atoms. The minimum Gasteiger partial charge on any atom is -0.492 e. The highest BCUT2D eigenvalue weighted by molar-refractivity contribution is 5.91. The number of nitrogens with one attached hydrogen (secondary N) is 1. The van der Waals surface area contributed by atoms with Crippen LogP contribution in [-0.4, -0.2) is 19.1 Å².